The summed E-state index contributed by atoms with van der Waals surface area (Å²) in [6.45, 7) is 1.81. The van der Waals surface area contributed by atoms with E-state index in [1.165, 1.54) is 13.2 Å². The summed E-state index contributed by atoms with van der Waals surface area (Å²) in [7, 11) is 1.29. The molecule has 1 radical (unpaired) electrons. The van der Waals surface area contributed by atoms with Crippen molar-refractivity contribution in [1.82, 2.24) is 0 Å². The van der Waals surface area contributed by atoms with Gasteiger partial charge in [0.1, 0.15) is 0 Å². The average Bonchev–Trinajstić information content (AvgIpc) is 1.87. The maximum absolute atomic E-state index is 10.4. The number of hydrogen-bond donors (Lipinski definition) is 0. The second-order valence-electron chi connectivity index (χ2n) is 1.55. The van der Waals surface area contributed by atoms with E-state index in [1.54, 1.807) is 0 Å². The van der Waals surface area contributed by atoms with Crippen molar-refractivity contribution in [3.05, 3.63) is 17.5 Å². The van der Waals surface area contributed by atoms with E-state index >= 15 is 0 Å². The summed E-state index contributed by atoms with van der Waals surface area (Å²) in [5.41, 5.74) is 7.31. The van der Waals surface area contributed by atoms with Gasteiger partial charge in [-0.1, -0.05) is 13.3 Å². The van der Waals surface area contributed by atoms with Crippen LogP contribution in [0.4, 0.5) is 0 Å². The van der Waals surface area contributed by atoms with Crippen LogP contribution >= 0.6 is 0 Å². The first-order chi connectivity index (χ1) is 4.20. The van der Waals surface area contributed by atoms with Crippen molar-refractivity contribution in [1.29, 1.82) is 0 Å². The smallest absolute Gasteiger partial charge is 0.328 e. The summed E-state index contributed by atoms with van der Waals surface area (Å²) in [5, 5.41) is 0. The summed E-state index contributed by atoms with van der Waals surface area (Å²) in [4.78, 5) is 10.4. The van der Waals surface area contributed by atoms with Crippen LogP contribution in [0.15, 0.2) is 11.8 Å². The van der Waals surface area contributed by atoms with Gasteiger partial charge in [0.05, 0.1) is 7.11 Å². The number of carbonyl (C=O) groups excluding carboxylic acids is 1. The van der Waals surface area contributed by atoms with Crippen molar-refractivity contribution in [2.24, 2.45) is 0 Å². The quantitative estimate of drug-likeness (QED) is 0.557. The molecule has 0 spiro atoms. The van der Waals surface area contributed by atoms with Crippen molar-refractivity contribution >= 4 is 5.97 Å². The van der Waals surface area contributed by atoms with Gasteiger partial charge in [0.15, 0.2) is 0 Å². The molecule has 1 N–H and O–H groups in total. The minimum absolute atomic E-state index is 0. The Kier molecular flexibility index (Phi) is 9.88. The number of carbonyl (C=O) groups is 1. The minimum atomic E-state index is -0.457. The van der Waals surface area contributed by atoms with Crippen LogP contribution in [0.3, 0.4) is 0 Å². The number of hydrogen-bond acceptors (Lipinski definition) is 2. The summed E-state index contributed by atoms with van der Waals surface area (Å²) >= 11 is 0. The standard InChI is InChI=1S/C6H11NO2.Ac/c1-3-5(7)4-6(8)9-2;/h4H,3H2,1-2H3,(H2,7,8);/p-1. The molecular weight excluding hydrogens is 345 g/mol. The second kappa shape index (κ2) is 7.56. The fourth-order valence-electron chi connectivity index (χ4n) is 0.303. The summed E-state index contributed by atoms with van der Waals surface area (Å²) in [6.07, 6.45) is 1.73. The number of methoxy groups -OCH3 is 1. The van der Waals surface area contributed by atoms with Gasteiger partial charge in [-0.25, -0.2) is 4.79 Å². The minimum Gasteiger partial charge on any atom is -0.702 e. The zero-order chi connectivity index (χ0) is 7.28. The zero-order valence-electron chi connectivity index (χ0n) is 6.18. The molecule has 0 saturated heterocycles. The Morgan fingerprint density at radius 3 is 2.50 bits per heavy atom. The summed E-state index contributed by atoms with van der Waals surface area (Å²) < 4.78 is 4.29. The van der Waals surface area contributed by atoms with Crippen LogP contribution in [0.2, 0.25) is 0 Å². The molecule has 0 aliphatic carbocycles. The molecule has 3 nitrogen and oxygen atoms in total. The van der Waals surface area contributed by atoms with Gasteiger partial charge in [-0.15, -0.1) is 0 Å². The predicted octanol–water partition coefficient (Wildman–Crippen LogP) is 1.51. The Balaban J connectivity index is 0. The summed E-state index contributed by atoms with van der Waals surface area (Å²) in [6, 6.07) is 0. The fraction of sp³-hybridized carbons (Fsp3) is 0.500. The largest absolute Gasteiger partial charge is 0.702 e. The van der Waals surface area contributed by atoms with Crippen LogP contribution < -0.4 is 0 Å². The van der Waals surface area contributed by atoms with Gasteiger partial charge in [-0.05, 0) is 0 Å². The Morgan fingerprint density at radius 2 is 2.20 bits per heavy atom. The number of allylic oxidation sites excluding steroid dienone is 1. The summed E-state index contributed by atoms with van der Waals surface area (Å²) in [5.74, 6) is -0.457. The van der Waals surface area contributed by atoms with Crippen molar-refractivity contribution in [2.75, 3.05) is 7.11 Å². The van der Waals surface area contributed by atoms with Gasteiger partial charge in [0.25, 0.3) is 0 Å². The van der Waals surface area contributed by atoms with E-state index in [2.05, 4.69) is 4.74 Å². The molecule has 0 saturated carbocycles. The van der Waals surface area contributed by atoms with E-state index in [0.717, 1.165) is 0 Å². The molecular formula is C6H10AcNO2-. The molecule has 0 rings (SSSR count). The molecule has 0 aliphatic rings. The number of esters is 1. The Bertz CT molecular complexity index is 134. The van der Waals surface area contributed by atoms with E-state index in [1.807, 2.05) is 6.92 Å². The van der Waals surface area contributed by atoms with Gasteiger partial charge >= 0.3 is 5.97 Å². The molecule has 0 bridgehead atoms. The first-order valence-electron chi connectivity index (χ1n) is 2.70. The Morgan fingerprint density at radius 1 is 1.70 bits per heavy atom. The van der Waals surface area contributed by atoms with Gasteiger partial charge in [0, 0.05) is 50.1 Å². The van der Waals surface area contributed by atoms with Crippen LogP contribution in [0, 0.1) is 44.1 Å². The first kappa shape index (κ1) is 13.1. The first-order valence-corrected chi connectivity index (χ1v) is 2.70. The Labute approximate surface area is 96.5 Å². The maximum Gasteiger partial charge on any atom is 0.328 e. The zero-order valence-corrected chi connectivity index (χ0v) is 10.9. The third-order valence-electron chi connectivity index (χ3n) is 0.874. The predicted molar refractivity (Wildman–Crippen MR) is 34.7 cm³/mol. The molecule has 4 heteroatoms. The van der Waals surface area contributed by atoms with Gasteiger partial charge in [0.2, 0.25) is 0 Å². The molecule has 0 aromatic carbocycles. The van der Waals surface area contributed by atoms with Crippen molar-refractivity contribution in [3.8, 4) is 0 Å². The number of ether oxygens (including phenoxy) is 1. The SMILES string of the molecule is CC/C([NH-])=C/C(=O)OC.[Ac]. The molecule has 0 atom stereocenters. The fourth-order valence-corrected chi connectivity index (χ4v) is 0.303. The van der Waals surface area contributed by atoms with Crippen LogP contribution in [-0.2, 0) is 9.53 Å². The van der Waals surface area contributed by atoms with Crippen molar-refractivity contribution < 1.29 is 53.6 Å². The van der Waals surface area contributed by atoms with E-state index in [4.69, 9.17) is 5.73 Å². The van der Waals surface area contributed by atoms with Gasteiger partial charge < -0.3 is 10.5 Å². The molecule has 0 amide bonds. The molecule has 0 heterocycles. The normalized spacial score (nSPS) is 10.0. The van der Waals surface area contributed by atoms with Crippen LogP contribution in [0.5, 0.6) is 0 Å². The monoisotopic (exact) mass is 355 g/mol. The van der Waals surface area contributed by atoms with Gasteiger partial charge in [-0.2, -0.15) is 5.70 Å². The van der Waals surface area contributed by atoms with E-state index in [9.17, 15) is 4.79 Å². The number of rotatable bonds is 2. The molecule has 0 fully saturated rings. The number of nitrogens with one attached hydrogen (secondary N) is 1. The molecule has 55 valence electrons. The average molecular weight is 355 g/mol. The molecule has 0 unspecified atom stereocenters. The Hall–Kier alpha value is 0.452. The van der Waals surface area contributed by atoms with Gasteiger partial charge in [-0.3, -0.25) is 0 Å². The maximum atomic E-state index is 10.4. The van der Waals surface area contributed by atoms with Crippen LogP contribution in [0.25, 0.3) is 5.73 Å². The molecule has 10 heavy (non-hydrogen) atoms. The van der Waals surface area contributed by atoms with Crippen LogP contribution in [0.1, 0.15) is 13.3 Å². The molecule has 0 aliphatic heterocycles. The second-order valence-corrected chi connectivity index (χ2v) is 1.55. The van der Waals surface area contributed by atoms with E-state index in [-0.39, 0.29) is 44.1 Å². The van der Waals surface area contributed by atoms with Crippen molar-refractivity contribution in [3.63, 3.8) is 0 Å². The topological polar surface area (TPSA) is 50.1 Å². The molecule has 0 aromatic rings. The third-order valence-corrected chi connectivity index (χ3v) is 0.874. The van der Waals surface area contributed by atoms with Crippen LogP contribution in [-0.4, -0.2) is 13.1 Å². The third kappa shape index (κ3) is 6.57. The van der Waals surface area contributed by atoms with Crippen molar-refractivity contribution in [2.45, 2.75) is 13.3 Å². The van der Waals surface area contributed by atoms with E-state index < -0.39 is 5.97 Å². The van der Waals surface area contributed by atoms with E-state index in [0.29, 0.717) is 12.1 Å². The molecule has 0 aromatic heterocycles.